The highest BCUT2D eigenvalue weighted by Gasteiger charge is 2.30. The van der Waals surface area contributed by atoms with Gasteiger partial charge in [0.25, 0.3) is 0 Å². The zero-order valence-electron chi connectivity index (χ0n) is 15.9. The molecule has 0 N–H and O–H groups in total. The van der Waals surface area contributed by atoms with Gasteiger partial charge in [0.2, 0.25) is 0 Å². The zero-order chi connectivity index (χ0) is 20.1. The monoisotopic (exact) mass is 366 g/mol. The maximum atomic E-state index is 11.8. The molecule has 1 aliphatic heterocycles. The number of rotatable bonds is 2. The highest BCUT2D eigenvalue weighted by Crippen LogP contribution is 2.26. The zero-order valence-corrected chi connectivity index (χ0v) is 15.9. The van der Waals surface area contributed by atoms with Crippen LogP contribution in [0.4, 0.5) is 0 Å². The van der Waals surface area contributed by atoms with E-state index < -0.39 is 11.9 Å². The van der Waals surface area contributed by atoms with Crippen LogP contribution >= 0.6 is 0 Å². The number of carbonyl (C=O) groups is 4. The number of benzene rings is 2. The standard InChI is InChI=1S/C18H10O5.2C2H6/c19-15-8-16(20)13-6-9(1-3-11(13)15)5-10-2-4-12-14(7-10)18(22)23-17(12)21;2*1-2/h1-4,6-7H,5,8H2;2*1-2H3. The molecule has 4 rings (SSSR count). The van der Waals surface area contributed by atoms with Gasteiger partial charge in [-0.25, -0.2) is 9.59 Å². The second-order valence-electron chi connectivity index (χ2n) is 5.64. The van der Waals surface area contributed by atoms with Crippen LogP contribution in [0.15, 0.2) is 36.4 Å². The first-order valence-corrected chi connectivity index (χ1v) is 9.12. The first-order chi connectivity index (χ1) is 13.0. The molecular formula is C22H22O5. The summed E-state index contributed by atoms with van der Waals surface area (Å²) in [4.78, 5) is 46.4. The summed E-state index contributed by atoms with van der Waals surface area (Å²) in [5.74, 6) is -1.56. The van der Waals surface area contributed by atoms with Crippen molar-refractivity contribution in [2.45, 2.75) is 40.5 Å². The largest absolute Gasteiger partial charge is 0.386 e. The number of hydrogen-bond acceptors (Lipinski definition) is 5. The van der Waals surface area contributed by atoms with Gasteiger partial charge in [-0.05, 0) is 35.7 Å². The van der Waals surface area contributed by atoms with Crippen molar-refractivity contribution in [3.63, 3.8) is 0 Å². The van der Waals surface area contributed by atoms with Crippen LogP contribution < -0.4 is 0 Å². The molecule has 0 aromatic heterocycles. The maximum absolute atomic E-state index is 11.8. The first-order valence-electron chi connectivity index (χ1n) is 9.12. The minimum Gasteiger partial charge on any atom is -0.386 e. The second-order valence-corrected chi connectivity index (χ2v) is 5.64. The molecule has 0 saturated heterocycles. The van der Waals surface area contributed by atoms with E-state index in [0.717, 1.165) is 11.1 Å². The summed E-state index contributed by atoms with van der Waals surface area (Å²) in [5.41, 5.74) is 3.16. The van der Waals surface area contributed by atoms with Crippen LogP contribution in [0.2, 0.25) is 0 Å². The van der Waals surface area contributed by atoms with E-state index in [1.54, 1.807) is 36.4 Å². The van der Waals surface area contributed by atoms with Crippen molar-refractivity contribution in [1.82, 2.24) is 0 Å². The Kier molecular flexibility index (Phi) is 6.40. The Hall–Kier alpha value is -3.08. The lowest BCUT2D eigenvalue weighted by molar-refractivity contribution is 0.0443. The Morgan fingerprint density at radius 2 is 1.15 bits per heavy atom. The van der Waals surface area contributed by atoms with Crippen molar-refractivity contribution in [3.05, 3.63) is 69.8 Å². The normalized spacial score (nSPS) is 13.8. The first kappa shape index (κ1) is 20.2. The summed E-state index contributed by atoms with van der Waals surface area (Å²) < 4.78 is 4.56. The van der Waals surface area contributed by atoms with Crippen LogP contribution in [0, 0.1) is 0 Å². The minimum atomic E-state index is -0.637. The van der Waals surface area contributed by atoms with E-state index in [0.29, 0.717) is 17.5 Å². The van der Waals surface area contributed by atoms with Crippen LogP contribution in [-0.2, 0) is 11.2 Å². The topological polar surface area (TPSA) is 77.5 Å². The van der Waals surface area contributed by atoms with Gasteiger partial charge in [0.1, 0.15) is 0 Å². The van der Waals surface area contributed by atoms with Gasteiger partial charge in [0, 0.05) is 11.1 Å². The smallest absolute Gasteiger partial charge is 0.346 e. The number of Topliss-reactive ketones (excluding diaryl/α,β-unsaturated/α-hetero) is 2. The highest BCUT2D eigenvalue weighted by molar-refractivity contribution is 6.24. The van der Waals surface area contributed by atoms with Gasteiger partial charge < -0.3 is 4.74 Å². The molecule has 0 spiro atoms. The number of carbonyl (C=O) groups excluding carboxylic acids is 4. The fraction of sp³-hybridized carbons (Fsp3) is 0.273. The molecule has 1 aliphatic carbocycles. The number of esters is 2. The summed E-state index contributed by atoms with van der Waals surface area (Å²) >= 11 is 0. The van der Waals surface area contributed by atoms with Crippen molar-refractivity contribution in [2.24, 2.45) is 0 Å². The Labute approximate surface area is 158 Å². The molecule has 0 fully saturated rings. The number of hydrogen-bond donors (Lipinski definition) is 0. The summed E-state index contributed by atoms with van der Waals surface area (Å²) in [7, 11) is 0. The Morgan fingerprint density at radius 3 is 1.78 bits per heavy atom. The fourth-order valence-electron chi connectivity index (χ4n) is 2.99. The molecule has 27 heavy (non-hydrogen) atoms. The molecule has 0 radical (unpaired) electrons. The van der Waals surface area contributed by atoms with Crippen LogP contribution in [0.5, 0.6) is 0 Å². The Bertz CT molecular complexity index is 849. The summed E-state index contributed by atoms with van der Waals surface area (Å²) in [6.45, 7) is 8.00. The van der Waals surface area contributed by atoms with Gasteiger partial charge in [-0.2, -0.15) is 0 Å². The number of fused-ring (bicyclic) bond motifs is 2. The van der Waals surface area contributed by atoms with Crippen LogP contribution in [0.3, 0.4) is 0 Å². The molecule has 0 unspecified atom stereocenters. The molecule has 140 valence electrons. The lowest BCUT2D eigenvalue weighted by Crippen LogP contribution is -1.98. The third-order valence-electron chi connectivity index (χ3n) is 4.12. The third-order valence-corrected chi connectivity index (χ3v) is 4.12. The van der Waals surface area contributed by atoms with Crippen molar-refractivity contribution >= 4 is 23.5 Å². The Balaban J connectivity index is 0.000000614. The van der Waals surface area contributed by atoms with Crippen LogP contribution in [-0.4, -0.2) is 23.5 Å². The van der Waals surface area contributed by atoms with E-state index in [1.807, 2.05) is 27.7 Å². The molecule has 5 nitrogen and oxygen atoms in total. The summed E-state index contributed by atoms with van der Waals surface area (Å²) in [5, 5.41) is 0. The average Bonchev–Trinajstić information content (AvgIpc) is 3.13. The van der Waals surface area contributed by atoms with Crippen molar-refractivity contribution in [1.29, 1.82) is 0 Å². The van der Waals surface area contributed by atoms with Crippen LogP contribution in [0.25, 0.3) is 0 Å². The second kappa shape index (κ2) is 8.54. The van der Waals surface area contributed by atoms with E-state index >= 15 is 0 Å². The number of ether oxygens (including phenoxy) is 1. The van der Waals surface area contributed by atoms with E-state index in [1.165, 1.54) is 0 Å². The maximum Gasteiger partial charge on any atom is 0.346 e. The minimum absolute atomic E-state index is 0.0639. The molecule has 0 bridgehead atoms. The molecule has 5 heteroatoms. The van der Waals surface area contributed by atoms with Gasteiger partial charge in [-0.1, -0.05) is 45.9 Å². The molecule has 0 amide bonds. The number of ketones is 2. The highest BCUT2D eigenvalue weighted by atomic mass is 16.6. The van der Waals surface area contributed by atoms with E-state index in [-0.39, 0.29) is 29.1 Å². The predicted octanol–water partition coefficient (Wildman–Crippen LogP) is 4.41. The van der Waals surface area contributed by atoms with Crippen molar-refractivity contribution < 1.29 is 23.9 Å². The molecule has 0 saturated carbocycles. The molecule has 2 aromatic rings. The molecular weight excluding hydrogens is 344 g/mol. The summed E-state index contributed by atoms with van der Waals surface area (Å²) in [6, 6.07) is 10.1. The molecule has 2 aliphatic rings. The van der Waals surface area contributed by atoms with Crippen molar-refractivity contribution in [3.8, 4) is 0 Å². The van der Waals surface area contributed by atoms with E-state index in [9.17, 15) is 19.2 Å². The molecule has 2 aromatic carbocycles. The van der Waals surface area contributed by atoms with Gasteiger partial charge >= 0.3 is 11.9 Å². The van der Waals surface area contributed by atoms with Crippen LogP contribution in [0.1, 0.15) is 86.7 Å². The molecule has 0 atom stereocenters. The molecule has 1 heterocycles. The third kappa shape index (κ3) is 3.87. The van der Waals surface area contributed by atoms with Crippen molar-refractivity contribution in [2.75, 3.05) is 0 Å². The lowest BCUT2D eigenvalue weighted by Gasteiger charge is -2.05. The van der Waals surface area contributed by atoms with Gasteiger partial charge in [0.05, 0.1) is 17.5 Å². The Morgan fingerprint density at radius 1 is 0.667 bits per heavy atom. The predicted molar refractivity (Wildman–Crippen MR) is 101 cm³/mol. The SMILES string of the molecule is CC.CC.O=C1CC(=O)c2cc(Cc3ccc4c(c3)C(=O)OC4=O)ccc21. The van der Waals surface area contributed by atoms with E-state index in [4.69, 9.17) is 0 Å². The fourth-order valence-corrected chi connectivity index (χ4v) is 2.99. The lowest BCUT2D eigenvalue weighted by atomic mass is 9.98. The summed E-state index contributed by atoms with van der Waals surface area (Å²) in [6.07, 6.45) is 0.426. The van der Waals surface area contributed by atoms with Gasteiger partial charge in [-0.15, -0.1) is 0 Å². The van der Waals surface area contributed by atoms with Gasteiger partial charge in [0.15, 0.2) is 11.6 Å². The quantitative estimate of drug-likeness (QED) is 0.581. The average molecular weight is 366 g/mol. The van der Waals surface area contributed by atoms with E-state index in [2.05, 4.69) is 4.74 Å². The number of cyclic esters (lactones) is 2. The van der Waals surface area contributed by atoms with Gasteiger partial charge in [-0.3, -0.25) is 9.59 Å².